The van der Waals surface area contributed by atoms with Crippen molar-refractivity contribution in [2.45, 2.75) is 33.2 Å². The molecule has 4 heterocycles. The SMILES string of the molecule is CC(=O)Cc1ccc(Nc2ncc3c(n2)CN(c2cnc4c(c2C)NCCO4)CC3)cc1. The summed E-state index contributed by atoms with van der Waals surface area (Å²) in [4.78, 5) is 27.4. The van der Waals surface area contributed by atoms with Gasteiger partial charge in [-0.05, 0) is 43.5 Å². The number of anilines is 4. The lowest BCUT2D eigenvalue weighted by Gasteiger charge is -2.32. The summed E-state index contributed by atoms with van der Waals surface area (Å²) in [6.45, 7) is 6.73. The zero-order valence-electron chi connectivity index (χ0n) is 18.3. The standard InChI is InChI=1S/C24H26N6O2/c1-15(31)11-17-3-5-19(6-4-17)28-24-27-12-18-7-9-30(14-20(18)29-24)21-13-26-23-22(16(21)2)25-8-10-32-23/h3-6,12-13,25H,7-11,14H2,1-2H3,(H,27,28,29). The fraction of sp³-hybridized carbons (Fsp3) is 0.333. The Bertz CT molecular complexity index is 1160. The summed E-state index contributed by atoms with van der Waals surface area (Å²) in [5.41, 5.74) is 7.32. The maximum Gasteiger partial charge on any atom is 0.237 e. The molecule has 1 aromatic carbocycles. The van der Waals surface area contributed by atoms with Crippen molar-refractivity contribution in [3.8, 4) is 5.88 Å². The molecule has 2 aromatic heterocycles. The van der Waals surface area contributed by atoms with Crippen LogP contribution in [0.25, 0.3) is 0 Å². The monoisotopic (exact) mass is 430 g/mol. The maximum atomic E-state index is 11.3. The quantitative estimate of drug-likeness (QED) is 0.636. The average Bonchev–Trinajstić information content (AvgIpc) is 2.80. The molecule has 0 bridgehead atoms. The Morgan fingerprint density at radius 1 is 1.22 bits per heavy atom. The van der Waals surface area contributed by atoms with Crippen LogP contribution in [0.3, 0.4) is 0 Å². The fourth-order valence-electron chi connectivity index (χ4n) is 4.22. The van der Waals surface area contributed by atoms with Gasteiger partial charge < -0.3 is 20.3 Å². The average molecular weight is 431 g/mol. The second-order valence-electron chi connectivity index (χ2n) is 8.26. The van der Waals surface area contributed by atoms with Crippen LogP contribution < -0.4 is 20.3 Å². The van der Waals surface area contributed by atoms with Crippen LogP contribution in [0.5, 0.6) is 5.88 Å². The molecule has 164 valence electrons. The first-order valence-electron chi connectivity index (χ1n) is 10.9. The Morgan fingerprint density at radius 2 is 2.06 bits per heavy atom. The van der Waals surface area contributed by atoms with Gasteiger partial charge >= 0.3 is 0 Å². The van der Waals surface area contributed by atoms with Crippen molar-refractivity contribution < 1.29 is 9.53 Å². The van der Waals surface area contributed by atoms with Gasteiger partial charge in [0.1, 0.15) is 18.1 Å². The summed E-state index contributed by atoms with van der Waals surface area (Å²) in [6.07, 6.45) is 5.15. The maximum absolute atomic E-state index is 11.3. The van der Waals surface area contributed by atoms with Gasteiger partial charge in [0, 0.05) is 37.0 Å². The highest BCUT2D eigenvalue weighted by atomic mass is 16.5. The molecule has 8 heteroatoms. The van der Waals surface area contributed by atoms with E-state index >= 15 is 0 Å². The van der Waals surface area contributed by atoms with Crippen molar-refractivity contribution in [2.24, 2.45) is 0 Å². The van der Waals surface area contributed by atoms with Crippen molar-refractivity contribution in [1.29, 1.82) is 0 Å². The summed E-state index contributed by atoms with van der Waals surface area (Å²) in [5.74, 6) is 1.40. The number of ether oxygens (including phenoxy) is 1. The lowest BCUT2D eigenvalue weighted by molar-refractivity contribution is -0.116. The molecule has 2 aliphatic rings. The first kappa shape index (κ1) is 20.2. The Kier molecular flexibility index (Phi) is 5.34. The first-order valence-corrected chi connectivity index (χ1v) is 10.9. The lowest BCUT2D eigenvalue weighted by Crippen LogP contribution is -2.32. The molecule has 0 saturated carbocycles. The minimum Gasteiger partial charge on any atom is -0.474 e. The van der Waals surface area contributed by atoms with E-state index in [1.165, 1.54) is 5.56 Å². The predicted octanol–water partition coefficient (Wildman–Crippen LogP) is 3.42. The van der Waals surface area contributed by atoms with Crippen molar-refractivity contribution in [1.82, 2.24) is 15.0 Å². The predicted molar refractivity (Wildman–Crippen MR) is 124 cm³/mol. The Morgan fingerprint density at radius 3 is 2.88 bits per heavy atom. The zero-order chi connectivity index (χ0) is 22.1. The minimum atomic E-state index is 0.154. The van der Waals surface area contributed by atoms with E-state index in [1.54, 1.807) is 6.92 Å². The van der Waals surface area contributed by atoms with Gasteiger partial charge in [-0.1, -0.05) is 12.1 Å². The number of nitrogens with zero attached hydrogens (tertiary/aromatic N) is 4. The van der Waals surface area contributed by atoms with Gasteiger partial charge in [0.25, 0.3) is 0 Å². The van der Waals surface area contributed by atoms with E-state index in [0.717, 1.165) is 53.4 Å². The van der Waals surface area contributed by atoms with Crippen LogP contribution in [-0.4, -0.2) is 40.4 Å². The van der Waals surface area contributed by atoms with E-state index in [-0.39, 0.29) is 5.78 Å². The number of nitrogens with one attached hydrogen (secondary N) is 2. The highest BCUT2D eigenvalue weighted by Gasteiger charge is 2.24. The molecule has 0 saturated heterocycles. The van der Waals surface area contributed by atoms with Crippen LogP contribution in [0, 0.1) is 6.92 Å². The second kappa shape index (κ2) is 8.45. The molecule has 0 aliphatic carbocycles. The van der Waals surface area contributed by atoms with Gasteiger partial charge in [0.05, 0.1) is 24.1 Å². The molecule has 0 spiro atoms. The van der Waals surface area contributed by atoms with Gasteiger partial charge in [0.2, 0.25) is 11.8 Å². The number of aromatic nitrogens is 3. The van der Waals surface area contributed by atoms with E-state index in [4.69, 9.17) is 9.72 Å². The molecule has 0 radical (unpaired) electrons. The molecule has 2 aliphatic heterocycles. The molecule has 8 nitrogen and oxygen atoms in total. The number of benzene rings is 1. The summed E-state index contributed by atoms with van der Waals surface area (Å²) >= 11 is 0. The van der Waals surface area contributed by atoms with Crippen LogP contribution in [0.2, 0.25) is 0 Å². The fourth-order valence-corrected chi connectivity index (χ4v) is 4.22. The number of ketones is 1. The number of Topliss-reactive ketones (excluding diaryl/α,β-unsaturated/α-hetero) is 1. The summed E-state index contributed by atoms with van der Waals surface area (Å²) < 4.78 is 5.66. The third-order valence-corrected chi connectivity index (χ3v) is 5.87. The number of pyridine rings is 1. The molecule has 2 N–H and O–H groups in total. The van der Waals surface area contributed by atoms with Crippen molar-refractivity contribution in [2.75, 3.05) is 35.2 Å². The van der Waals surface area contributed by atoms with E-state index in [1.807, 2.05) is 36.7 Å². The van der Waals surface area contributed by atoms with Gasteiger partial charge in [-0.25, -0.2) is 15.0 Å². The van der Waals surface area contributed by atoms with E-state index in [0.29, 0.717) is 31.4 Å². The number of rotatable bonds is 5. The highest BCUT2D eigenvalue weighted by molar-refractivity contribution is 5.78. The number of hydrogen-bond donors (Lipinski definition) is 2. The molecule has 5 rings (SSSR count). The van der Waals surface area contributed by atoms with Gasteiger partial charge in [-0.3, -0.25) is 4.79 Å². The Balaban J connectivity index is 1.34. The molecule has 32 heavy (non-hydrogen) atoms. The van der Waals surface area contributed by atoms with Gasteiger partial charge in [0.15, 0.2) is 0 Å². The summed E-state index contributed by atoms with van der Waals surface area (Å²) in [6, 6.07) is 7.80. The largest absolute Gasteiger partial charge is 0.474 e. The summed E-state index contributed by atoms with van der Waals surface area (Å²) in [5, 5.41) is 6.69. The van der Waals surface area contributed by atoms with Crippen LogP contribution in [-0.2, 0) is 24.2 Å². The number of fused-ring (bicyclic) bond motifs is 2. The van der Waals surface area contributed by atoms with E-state index < -0.39 is 0 Å². The second-order valence-corrected chi connectivity index (χ2v) is 8.26. The van der Waals surface area contributed by atoms with Gasteiger partial charge in [-0.2, -0.15) is 0 Å². The van der Waals surface area contributed by atoms with Crippen LogP contribution in [0.4, 0.5) is 23.0 Å². The number of carbonyl (C=O) groups excluding carboxylic acids is 1. The molecular formula is C24H26N6O2. The molecule has 0 unspecified atom stereocenters. The van der Waals surface area contributed by atoms with Crippen LogP contribution in [0.15, 0.2) is 36.7 Å². The highest BCUT2D eigenvalue weighted by Crippen LogP contribution is 2.36. The third kappa shape index (κ3) is 4.08. The smallest absolute Gasteiger partial charge is 0.237 e. The Hall–Kier alpha value is -3.68. The number of hydrogen-bond acceptors (Lipinski definition) is 8. The van der Waals surface area contributed by atoms with E-state index in [9.17, 15) is 4.79 Å². The van der Waals surface area contributed by atoms with Crippen LogP contribution in [0.1, 0.15) is 29.3 Å². The third-order valence-electron chi connectivity index (χ3n) is 5.87. The molecule has 3 aromatic rings. The Labute approximate surface area is 187 Å². The molecule has 0 fully saturated rings. The van der Waals surface area contributed by atoms with Crippen molar-refractivity contribution >= 4 is 28.8 Å². The van der Waals surface area contributed by atoms with Gasteiger partial charge in [-0.15, -0.1) is 0 Å². The van der Waals surface area contributed by atoms with E-state index in [2.05, 4.69) is 32.4 Å². The topological polar surface area (TPSA) is 92.3 Å². The lowest BCUT2D eigenvalue weighted by atomic mass is 10.0. The normalized spacial score (nSPS) is 14.6. The van der Waals surface area contributed by atoms with Crippen molar-refractivity contribution in [3.63, 3.8) is 0 Å². The first-order chi connectivity index (χ1) is 15.6. The molecule has 0 atom stereocenters. The van der Waals surface area contributed by atoms with Crippen LogP contribution >= 0.6 is 0 Å². The zero-order valence-corrected chi connectivity index (χ0v) is 18.3. The minimum absolute atomic E-state index is 0.154. The number of carbonyl (C=O) groups is 1. The molecular weight excluding hydrogens is 404 g/mol. The molecule has 0 amide bonds. The van der Waals surface area contributed by atoms with Crippen molar-refractivity contribution in [3.05, 3.63) is 59.0 Å². The summed E-state index contributed by atoms with van der Waals surface area (Å²) in [7, 11) is 0.